The Labute approximate surface area is 599 Å². The van der Waals surface area contributed by atoms with E-state index in [0.717, 1.165) is 97.3 Å². The molecule has 0 aromatic heterocycles. The first-order chi connectivity index (χ1) is 43.1. The van der Waals surface area contributed by atoms with Crippen molar-refractivity contribution in [2.45, 2.75) is 272 Å². The smallest absolute Gasteiger partial charge is 0.228 e. The molecule has 98 heavy (non-hydrogen) atoms. The van der Waals surface area contributed by atoms with E-state index >= 15 is 0 Å². The molecule has 0 spiro atoms. The first-order valence-corrected chi connectivity index (χ1v) is 35.8. The van der Waals surface area contributed by atoms with Crippen LogP contribution in [0, 0.1) is 55.2 Å². The molecule has 0 aromatic rings. The molecule has 0 bridgehead atoms. The van der Waals surface area contributed by atoms with Crippen LogP contribution in [0.25, 0.3) is 0 Å². The lowest BCUT2D eigenvalue weighted by molar-refractivity contribution is -0.147. The van der Waals surface area contributed by atoms with Crippen molar-refractivity contribution in [3.05, 3.63) is 12.3 Å². The van der Waals surface area contributed by atoms with E-state index < -0.39 is 6.17 Å². The second kappa shape index (κ2) is 41.9. The van der Waals surface area contributed by atoms with Gasteiger partial charge in [-0.25, -0.2) is 4.39 Å². The van der Waals surface area contributed by atoms with Gasteiger partial charge in [0.25, 0.3) is 0 Å². The number of carbonyl (C=O) groups is 8. The molecule has 8 amide bonds. The number of nitrogens with zero attached hydrogens (tertiary/aromatic N) is 8. The van der Waals surface area contributed by atoms with Crippen molar-refractivity contribution in [1.29, 1.82) is 0 Å². The Kier molecular flexibility index (Phi) is 41.6. The van der Waals surface area contributed by atoms with Crippen molar-refractivity contribution in [3.8, 4) is 0 Å². The maximum Gasteiger partial charge on any atom is 0.228 e. The summed E-state index contributed by atoms with van der Waals surface area (Å²) >= 11 is 0. The molecule has 2 atom stereocenters. The summed E-state index contributed by atoms with van der Waals surface area (Å²) in [7, 11) is 0. The van der Waals surface area contributed by atoms with Gasteiger partial charge >= 0.3 is 0 Å². The van der Waals surface area contributed by atoms with Crippen molar-refractivity contribution in [2.75, 3.05) is 118 Å². The molecular formula is C78H152FN9O10. The van der Waals surface area contributed by atoms with E-state index in [-0.39, 0.29) is 108 Å². The van der Waals surface area contributed by atoms with Gasteiger partial charge in [-0.2, -0.15) is 0 Å². The fourth-order valence-electron chi connectivity index (χ4n) is 11.1. The summed E-state index contributed by atoms with van der Waals surface area (Å²) in [5, 5.41) is 9.22. The summed E-state index contributed by atoms with van der Waals surface area (Å²) in [6.07, 6.45) is 10.1. The third-order valence-electron chi connectivity index (χ3n) is 17.3. The molecule has 0 radical (unpaired) electrons. The summed E-state index contributed by atoms with van der Waals surface area (Å²) in [5.41, 5.74) is 4.35. The molecule has 20 heteroatoms. The Morgan fingerprint density at radius 1 is 0.347 bits per heavy atom. The third-order valence-corrected chi connectivity index (χ3v) is 17.3. The van der Waals surface area contributed by atoms with E-state index in [1.54, 1.807) is 9.80 Å². The number of ether oxygens (including phenoxy) is 1. The van der Waals surface area contributed by atoms with E-state index in [4.69, 9.17) is 10.5 Å². The maximum absolute atomic E-state index is 12.3. The largest absolute Gasteiger partial charge is 0.402 e. The van der Waals surface area contributed by atoms with Crippen molar-refractivity contribution in [3.63, 3.8) is 0 Å². The number of rotatable bonds is 1. The van der Waals surface area contributed by atoms with Crippen LogP contribution < -0.4 is 5.73 Å². The molecular weight excluding hydrogens is 1240 g/mol. The molecule has 19 nitrogen and oxygen atoms in total. The third kappa shape index (κ3) is 35.6. The second-order valence-electron chi connectivity index (χ2n) is 35.7. The van der Waals surface area contributed by atoms with Crippen molar-refractivity contribution < 1.29 is 52.6 Å². The lowest BCUT2D eigenvalue weighted by Gasteiger charge is -2.38. The topological polar surface area (TPSA) is 218 Å². The predicted octanol–water partition coefficient (Wildman–Crippen LogP) is 13.2. The van der Waals surface area contributed by atoms with Gasteiger partial charge in [0.2, 0.25) is 47.3 Å². The standard InChI is InChI=1S/C11H20N2O.C11H21NO.C10H19NO.2C9H17NO2.C9H17NO.C8H14FNO.C8H15NO.3CH4/c1-8(12)9-5-6-13(7-9)10(14)11(2,3)4;1-9-5-7-12(8-6-9)10(13)11(2,3)4;1-10(2,3)9(12)11-7-5-4-6-8-11;1-9(2,3)8(11)10-4-6-12-7-5-10;1-9(2,3)8(12)10-5-4-7(11)6-10;1-9(2,3)8(11)10-6-4-5-7-10;1-8(2,3)7(11)10-4-6(9)5-10;1-8(2,3)7(10)9-5-4-6-9;;;/h9H,1,5-7,12H2,2-4H3;9H,5-8H2,1-4H3;4-8H2,1-3H3;4-7H2,1-3H3;7,11H,4-6H2,1-3H3;4-7H2,1-3H3;6H,4-5H2,1-3H3;4-6H2,1-3H3;3*1H4. The van der Waals surface area contributed by atoms with Gasteiger partial charge in [-0.15, -0.1) is 0 Å². The van der Waals surface area contributed by atoms with Gasteiger partial charge in [-0.3, -0.25) is 38.4 Å². The Morgan fingerprint density at radius 3 is 0.847 bits per heavy atom. The highest BCUT2D eigenvalue weighted by Crippen LogP contribution is 2.29. The second-order valence-corrected chi connectivity index (χ2v) is 35.7. The number of carbonyl (C=O) groups excluding carboxylic acids is 8. The number of morpholine rings is 1. The molecule has 576 valence electrons. The summed E-state index contributed by atoms with van der Waals surface area (Å²) in [4.78, 5) is 108. The minimum Gasteiger partial charge on any atom is -0.402 e. The monoisotopic (exact) mass is 1390 g/mol. The predicted molar refractivity (Wildman–Crippen MR) is 402 cm³/mol. The molecule has 3 N–H and O–H groups in total. The van der Waals surface area contributed by atoms with Crippen LogP contribution in [-0.2, 0) is 43.1 Å². The molecule has 0 aliphatic carbocycles. The zero-order valence-corrected chi connectivity index (χ0v) is 65.0. The van der Waals surface area contributed by atoms with Crippen molar-refractivity contribution in [2.24, 2.45) is 60.9 Å². The highest BCUT2D eigenvalue weighted by atomic mass is 19.1. The fraction of sp³-hybridized carbons (Fsp3) is 0.872. The van der Waals surface area contributed by atoms with Crippen LogP contribution in [0.3, 0.4) is 0 Å². The van der Waals surface area contributed by atoms with Gasteiger partial charge in [0.1, 0.15) is 6.17 Å². The van der Waals surface area contributed by atoms with Crippen LogP contribution in [0.2, 0.25) is 0 Å². The van der Waals surface area contributed by atoms with E-state index in [9.17, 15) is 47.9 Å². The maximum atomic E-state index is 12.3. The number of aliphatic hydroxyl groups excluding tert-OH is 1. The normalized spacial score (nSPS) is 19.9. The minimum absolute atomic E-state index is 0. The molecule has 2 unspecified atom stereocenters. The molecule has 0 aromatic carbocycles. The number of halogens is 1. The first-order valence-electron chi connectivity index (χ1n) is 35.8. The highest BCUT2D eigenvalue weighted by molar-refractivity contribution is 5.85. The number of piperidine rings is 2. The zero-order chi connectivity index (χ0) is 73.6. The van der Waals surface area contributed by atoms with Gasteiger partial charge in [-0.1, -0.05) is 202 Å². The minimum atomic E-state index is -0.790. The van der Waals surface area contributed by atoms with E-state index in [1.807, 2.05) is 196 Å². The van der Waals surface area contributed by atoms with Crippen LogP contribution in [0.5, 0.6) is 0 Å². The molecule has 8 heterocycles. The molecule has 0 saturated carbocycles. The number of nitrogens with two attached hydrogens (primary N) is 1. The Bertz CT molecular complexity index is 2340. The zero-order valence-electron chi connectivity index (χ0n) is 65.0. The highest BCUT2D eigenvalue weighted by Gasteiger charge is 2.38. The van der Waals surface area contributed by atoms with Gasteiger partial charge in [0.05, 0.1) is 32.4 Å². The van der Waals surface area contributed by atoms with Crippen LogP contribution in [0.1, 0.15) is 260 Å². The number of likely N-dealkylation sites (tertiary alicyclic amines) is 7. The number of aliphatic hydroxyl groups is 1. The summed E-state index contributed by atoms with van der Waals surface area (Å²) in [5.74, 6) is 2.91. The Balaban J connectivity index is -0.00000105. The Morgan fingerprint density at radius 2 is 0.592 bits per heavy atom. The number of hydrogen-bond donors (Lipinski definition) is 2. The SMILES string of the molecule is C.C.C.C=C(N)C1CCN(C(=O)C(C)(C)C)C1.CC(C)(C)C(=O)N1CC(F)C1.CC(C)(C)C(=O)N1CCC(O)C1.CC(C)(C)C(=O)N1CCC1.CC(C)(C)C(=O)N1CCCC1.CC(C)(C)C(=O)N1CCCCC1.CC(C)(C)C(=O)N1CCOCC1.CC1CCN(C(=O)C(C)(C)C)CC1. The van der Waals surface area contributed by atoms with Crippen LogP contribution in [0.4, 0.5) is 4.39 Å². The first kappa shape index (κ1) is 97.3. The van der Waals surface area contributed by atoms with Crippen LogP contribution in [-0.4, -0.2) is 222 Å². The summed E-state index contributed by atoms with van der Waals surface area (Å²) in [6.45, 7) is 66.6. The number of alkyl halides is 1. The van der Waals surface area contributed by atoms with Gasteiger partial charge in [-0.05, 0) is 70.1 Å². The van der Waals surface area contributed by atoms with E-state index in [1.165, 1.54) is 51.4 Å². The van der Waals surface area contributed by atoms with E-state index in [0.29, 0.717) is 61.5 Å². The van der Waals surface area contributed by atoms with Gasteiger partial charge < -0.3 is 54.8 Å². The Hall–Kier alpha value is -4.85. The quantitative estimate of drug-likeness (QED) is 0.252. The number of amides is 8. The van der Waals surface area contributed by atoms with Gasteiger partial charge in [0.15, 0.2) is 0 Å². The lowest BCUT2D eigenvalue weighted by Crippen LogP contribution is -2.54. The average molecular weight is 1400 g/mol. The molecule has 8 rings (SSSR count). The molecule has 8 saturated heterocycles. The fourth-order valence-corrected chi connectivity index (χ4v) is 11.1. The van der Waals surface area contributed by atoms with Crippen LogP contribution in [0.15, 0.2) is 12.3 Å². The van der Waals surface area contributed by atoms with Crippen molar-refractivity contribution >= 4 is 47.3 Å². The number of β-amino-alcohol motifs (C(OH)–C–C–N with tert-alkyl or cyclic N) is 1. The van der Waals surface area contributed by atoms with Crippen LogP contribution >= 0.6 is 0 Å². The lowest BCUT2D eigenvalue weighted by atomic mass is 9.92. The van der Waals surface area contributed by atoms with Gasteiger partial charge in [0, 0.05) is 147 Å². The molecule has 8 aliphatic rings. The number of hydrogen-bond acceptors (Lipinski definition) is 11. The average Bonchev–Trinajstić information content (AvgIpc) is 0.857. The molecule has 8 fully saturated rings. The van der Waals surface area contributed by atoms with E-state index in [2.05, 4.69) is 13.5 Å². The summed E-state index contributed by atoms with van der Waals surface area (Å²) < 4.78 is 17.5. The van der Waals surface area contributed by atoms with Crippen molar-refractivity contribution in [1.82, 2.24) is 39.2 Å². The summed E-state index contributed by atoms with van der Waals surface area (Å²) in [6, 6.07) is 0. The molecule has 8 aliphatic heterocycles.